The van der Waals surface area contributed by atoms with Gasteiger partial charge in [0.05, 0.1) is 17.8 Å². The van der Waals surface area contributed by atoms with Crippen molar-refractivity contribution in [3.8, 4) is 11.3 Å². The molecule has 0 aliphatic rings. The topological polar surface area (TPSA) is 68.0 Å². The fraction of sp³-hybridized carbons (Fsp3) is 0.250. The van der Waals surface area contributed by atoms with Gasteiger partial charge in [0.25, 0.3) is 0 Å². The Balaban J connectivity index is 2.49. The number of carbonyl (C=O) groups is 1. The summed E-state index contributed by atoms with van der Waals surface area (Å²) in [6, 6.07) is 3.78. The van der Waals surface area contributed by atoms with Gasteiger partial charge >= 0.3 is 5.97 Å². The molecule has 5 heteroatoms. The summed E-state index contributed by atoms with van der Waals surface area (Å²) in [4.78, 5) is 14.8. The van der Waals surface area contributed by atoms with Crippen LogP contribution in [0.5, 0.6) is 0 Å². The van der Waals surface area contributed by atoms with E-state index in [4.69, 9.17) is 5.11 Å². The first-order valence-corrected chi connectivity index (χ1v) is 5.24. The molecule has 0 saturated heterocycles. The highest BCUT2D eigenvalue weighted by atomic mass is 16.4. The van der Waals surface area contributed by atoms with E-state index in [2.05, 4.69) is 10.1 Å². The van der Waals surface area contributed by atoms with E-state index in [1.165, 1.54) is 0 Å². The van der Waals surface area contributed by atoms with Crippen LogP contribution in [0.25, 0.3) is 11.3 Å². The second kappa shape index (κ2) is 4.37. The molecule has 0 spiro atoms. The number of pyridine rings is 1. The Kier molecular flexibility index (Phi) is 2.91. The monoisotopic (exact) mass is 231 g/mol. The minimum atomic E-state index is -0.871. The molecule has 88 valence electrons. The van der Waals surface area contributed by atoms with E-state index in [1.54, 1.807) is 24.1 Å². The summed E-state index contributed by atoms with van der Waals surface area (Å²) in [5.74, 6) is -0.871. The molecular formula is C12H13N3O2. The van der Waals surface area contributed by atoms with Crippen LogP contribution in [0.2, 0.25) is 0 Å². The van der Waals surface area contributed by atoms with Gasteiger partial charge in [0.15, 0.2) is 0 Å². The third-order valence-electron chi connectivity index (χ3n) is 2.64. The quantitative estimate of drug-likeness (QED) is 0.867. The van der Waals surface area contributed by atoms with Gasteiger partial charge in [0, 0.05) is 25.0 Å². The number of aryl methyl sites for hydroxylation is 1. The molecule has 1 N–H and O–H groups in total. The molecule has 17 heavy (non-hydrogen) atoms. The van der Waals surface area contributed by atoms with Crippen molar-refractivity contribution in [1.82, 2.24) is 14.8 Å². The van der Waals surface area contributed by atoms with Crippen LogP contribution in [0.3, 0.4) is 0 Å². The summed E-state index contributed by atoms with van der Waals surface area (Å²) in [7, 11) is 1.81. The van der Waals surface area contributed by atoms with E-state index < -0.39 is 5.97 Å². The maximum atomic E-state index is 10.7. The highest BCUT2D eigenvalue weighted by Crippen LogP contribution is 2.24. The fourth-order valence-corrected chi connectivity index (χ4v) is 1.90. The average Bonchev–Trinajstić information content (AvgIpc) is 2.54. The number of carboxylic acid groups (broad SMARTS) is 1. The molecule has 0 fully saturated rings. The fourth-order valence-electron chi connectivity index (χ4n) is 1.90. The lowest BCUT2D eigenvalue weighted by molar-refractivity contribution is -0.136. The van der Waals surface area contributed by atoms with Crippen molar-refractivity contribution in [3.05, 3.63) is 35.8 Å². The molecule has 0 atom stereocenters. The van der Waals surface area contributed by atoms with Crippen molar-refractivity contribution in [1.29, 1.82) is 0 Å². The Labute approximate surface area is 98.7 Å². The summed E-state index contributed by atoms with van der Waals surface area (Å²) in [5, 5.41) is 13.0. The SMILES string of the molecule is Cc1c(CC(=O)O)nn(C)c1-c1cccnc1. The molecule has 0 aliphatic heterocycles. The molecule has 0 saturated carbocycles. The predicted molar refractivity (Wildman–Crippen MR) is 62.5 cm³/mol. The summed E-state index contributed by atoms with van der Waals surface area (Å²) in [5.41, 5.74) is 3.34. The zero-order valence-electron chi connectivity index (χ0n) is 9.71. The first-order chi connectivity index (χ1) is 8.09. The van der Waals surface area contributed by atoms with E-state index in [-0.39, 0.29) is 6.42 Å². The largest absolute Gasteiger partial charge is 0.481 e. The van der Waals surface area contributed by atoms with Gasteiger partial charge in [-0.15, -0.1) is 0 Å². The van der Waals surface area contributed by atoms with Crippen molar-refractivity contribution in [2.24, 2.45) is 7.05 Å². The van der Waals surface area contributed by atoms with E-state index in [9.17, 15) is 4.79 Å². The number of hydrogen-bond donors (Lipinski definition) is 1. The van der Waals surface area contributed by atoms with Crippen LogP contribution < -0.4 is 0 Å². The third-order valence-corrected chi connectivity index (χ3v) is 2.64. The lowest BCUT2D eigenvalue weighted by Gasteiger charge is -2.02. The van der Waals surface area contributed by atoms with Gasteiger partial charge in [-0.1, -0.05) is 0 Å². The van der Waals surface area contributed by atoms with Crippen LogP contribution in [-0.2, 0) is 18.3 Å². The summed E-state index contributed by atoms with van der Waals surface area (Å²) in [6.45, 7) is 1.88. The Bertz CT molecular complexity index is 546. The predicted octanol–water partition coefficient (Wildman–Crippen LogP) is 1.42. The summed E-state index contributed by atoms with van der Waals surface area (Å²) < 4.78 is 1.70. The molecule has 0 aliphatic carbocycles. The molecule has 2 aromatic heterocycles. The van der Waals surface area contributed by atoms with E-state index in [1.807, 2.05) is 19.1 Å². The van der Waals surface area contributed by atoms with Crippen molar-refractivity contribution >= 4 is 5.97 Å². The number of hydrogen-bond acceptors (Lipinski definition) is 3. The lowest BCUT2D eigenvalue weighted by atomic mass is 10.1. The normalized spacial score (nSPS) is 10.5. The van der Waals surface area contributed by atoms with Crippen molar-refractivity contribution in [3.63, 3.8) is 0 Å². The Morgan fingerprint density at radius 2 is 2.29 bits per heavy atom. The minimum Gasteiger partial charge on any atom is -0.481 e. The second-order valence-corrected chi connectivity index (χ2v) is 3.86. The molecule has 2 aromatic rings. The molecule has 0 bridgehead atoms. The van der Waals surface area contributed by atoms with Crippen molar-refractivity contribution < 1.29 is 9.90 Å². The zero-order chi connectivity index (χ0) is 12.4. The molecule has 2 heterocycles. The van der Waals surface area contributed by atoms with Crippen LogP contribution in [0.4, 0.5) is 0 Å². The van der Waals surface area contributed by atoms with Crippen molar-refractivity contribution in [2.75, 3.05) is 0 Å². The Hall–Kier alpha value is -2.17. The standard InChI is InChI=1S/C12H13N3O2/c1-8-10(6-11(16)17)14-15(2)12(8)9-4-3-5-13-7-9/h3-5,7H,6H2,1-2H3,(H,16,17). The van der Waals surface area contributed by atoms with Gasteiger partial charge in [-0.05, 0) is 24.6 Å². The smallest absolute Gasteiger partial charge is 0.309 e. The van der Waals surface area contributed by atoms with Crippen LogP contribution in [0, 0.1) is 6.92 Å². The summed E-state index contributed by atoms with van der Waals surface area (Å²) >= 11 is 0. The first kappa shape index (κ1) is 11.3. The van der Waals surface area contributed by atoms with Gasteiger partial charge in [-0.2, -0.15) is 5.10 Å². The lowest BCUT2D eigenvalue weighted by Crippen LogP contribution is -2.02. The van der Waals surface area contributed by atoms with E-state index >= 15 is 0 Å². The molecule has 2 rings (SSSR count). The maximum Gasteiger partial charge on any atom is 0.309 e. The molecule has 0 aromatic carbocycles. The van der Waals surface area contributed by atoms with Crippen LogP contribution in [-0.4, -0.2) is 25.8 Å². The van der Waals surface area contributed by atoms with Gasteiger partial charge in [-0.25, -0.2) is 0 Å². The number of nitrogens with zero attached hydrogens (tertiary/aromatic N) is 3. The average molecular weight is 231 g/mol. The second-order valence-electron chi connectivity index (χ2n) is 3.86. The van der Waals surface area contributed by atoms with Gasteiger partial charge < -0.3 is 5.11 Å². The number of rotatable bonds is 3. The first-order valence-electron chi connectivity index (χ1n) is 5.24. The number of aromatic nitrogens is 3. The zero-order valence-corrected chi connectivity index (χ0v) is 9.71. The van der Waals surface area contributed by atoms with E-state index in [0.29, 0.717) is 5.69 Å². The molecule has 0 radical (unpaired) electrons. The van der Waals surface area contributed by atoms with Crippen LogP contribution in [0.15, 0.2) is 24.5 Å². The van der Waals surface area contributed by atoms with Gasteiger partial charge in [0.1, 0.15) is 0 Å². The van der Waals surface area contributed by atoms with Crippen LogP contribution >= 0.6 is 0 Å². The van der Waals surface area contributed by atoms with Gasteiger partial charge in [-0.3, -0.25) is 14.5 Å². The third kappa shape index (κ3) is 2.18. The number of aliphatic carboxylic acids is 1. The molecule has 0 unspecified atom stereocenters. The molecule has 0 amide bonds. The Morgan fingerprint density at radius 1 is 1.53 bits per heavy atom. The minimum absolute atomic E-state index is 0.0556. The van der Waals surface area contributed by atoms with Crippen LogP contribution in [0.1, 0.15) is 11.3 Å². The molecular weight excluding hydrogens is 218 g/mol. The maximum absolute atomic E-state index is 10.7. The van der Waals surface area contributed by atoms with E-state index in [0.717, 1.165) is 16.8 Å². The number of carboxylic acids is 1. The van der Waals surface area contributed by atoms with Gasteiger partial charge in [0.2, 0.25) is 0 Å². The summed E-state index contributed by atoms with van der Waals surface area (Å²) in [6.07, 6.45) is 3.39. The molecule has 5 nitrogen and oxygen atoms in total. The van der Waals surface area contributed by atoms with Crippen molar-refractivity contribution in [2.45, 2.75) is 13.3 Å². The highest BCUT2D eigenvalue weighted by molar-refractivity contribution is 5.72. The Morgan fingerprint density at radius 3 is 2.88 bits per heavy atom. The highest BCUT2D eigenvalue weighted by Gasteiger charge is 2.15.